The molecule has 1 aromatic heterocycles. The second kappa shape index (κ2) is 8.23. The summed E-state index contributed by atoms with van der Waals surface area (Å²) in [6.07, 6.45) is 3.70. The Hall–Kier alpha value is -3.26. The van der Waals surface area contributed by atoms with Gasteiger partial charge in [-0.25, -0.2) is 4.79 Å². The summed E-state index contributed by atoms with van der Waals surface area (Å²) in [5, 5.41) is 18.4. The number of carbonyl (C=O) groups excluding carboxylic acids is 2. The molecule has 8 heteroatoms. The molecule has 8 nitrogen and oxygen atoms in total. The Labute approximate surface area is 174 Å². The largest absolute Gasteiger partial charge is 0.457 e. The number of aromatic nitrogens is 3. The summed E-state index contributed by atoms with van der Waals surface area (Å²) in [4.78, 5) is 26.7. The molecule has 0 bridgehead atoms. The third kappa shape index (κ3) is 3.54. The summed E-state index contributed by atoms with van der Waals surface area (Å²) in [7, 11) is 0. The molecule has 4 rings (SSSR count). The van der Waals surface area contributed by atoms with Crippen LogP contribution in [0.15, 0.2) is 54.9 Å². The molecule has 0 aliphatic carbocycles. The van der Waals surface area contributed by atoms with Crippen LogP contribution in [0.5, 0.6) is 0 Å². The minimum absolute atomic E-state index is 0.0475. The lowest BCUT2D eigenvalue weighted by atomic mass is 9.83. The zero-order valence-electron chi connectivity index (χ0n) is 16.8. The van der Waals surface area contributed by atoms with Crippen LogP contribution in [0.2, 0.25) is 0 Å². The highest BCUT2D eigenvalue weighted by Crippen LogP contribution is 2.46. The van der Waals surface area contributed by atoms with Crippen LogP contribution in [-0.4, -0.2) is 55.6 Å². The Morgan fingerprint density at radius 3 is 2.87 bits per heavy atom. The van der Waals surface area contributed by atoms with Crippen molar-refractivity contribution in [1.82, 2.24) is 19.9 Å². The number of aliphatic hydroxyl groups is 1. The van der Waals surface area contributed by atoms with Gasteiger partial charge in [0.2, 0.25) is 5.91 Å². The molecule has 0 spiro atoms. The van der Waals surface area contributed by atoms with E-state index in [0.717, 1.165) is 6.42 Å². The van der Waals surface area contributed by atoms with Crippen LogP contribution in [-0.2, 0) is 27.3 Å². The molecule has 1 aromatic carbocycles. The Balaban J connectivity index is 1.58. The van der Waals surface area contributed by atoms with Gasteiger partial charge in [-0.05, 0) is 25.3 Å². The molecule has 0 saturated carbocycles. The smallest absolute Gasteiger partial charge is 0.355 e. The minimum Gasteiger partial charge on any atom is -0.457 e. The van der Waals surface area contributed by atoms with E-state index in [1.165, 1.54) is 16.5 Å². The predicted molar refractivity (Wildman–Crippen MR) is 109 cm³/mol. The van der Waals surface area contributed by atoms with E-state index in [9.17, 15) is 14.7 Å². The zero-order valence-corrected chi connectivity index (χ0v) is 16.8. The fourth-order valence-corrected chi connectivity index (χ4v) is 4.13. The molecular formula is C22H24N4O4. The topological polar surface area (TPSA) is 97.5 Å². The number of aliphatic hydroxyl groups excluding tert-OH is 1. The second-order valence-electron chi connectivity index (χ2n) is 7.56. The van der Waals surface area contributed by atoms with Gasteiger partial charge in [0.25, 0.3) is 0 Å². The van der Waals surface area contributed by atoms with Crippen LogP contribution < -0.4 is 0 Å². The highest BCUT2D eigenvalue weighted by Gasteiger charge is 2.57. The van der Waals surface area contributed by atoms with E-state index in [2.05, 4.69) is 29.0 Å². The van der Waals surface area contributed by atoms with E-state index in [1.54, 1.807) is 17.8 Å². The van der Waals surface area contributed by atoms with Gasteiger partial charge in [0, 0.05) is 12.1 Å². The number of amides is 1. The van der Waals surface area contributed by atoms with Crippen molar-refractivity contribution in [1.29, 1.82) is 0 Å². The Kier molecular flexibility index (Phi) is 5.50. The number of fused-ring (bicyclic) bond motifs is 1. The van der Waals surface area contributed by atoms with Crippen molar-refractivity contribution in [2.24, 2.45) is 5.92 Å². The lowest BCUT2D eigenvalue weighted by molar-refractivity contribution is -0.162. The Bertz CT molecular complexity index is 996. The van der Waals surface area contributed by atoms with Crippen molar-refractivity contribution < 1.29 is 19.4 Å². The fourth-order valence-electron chi connectivity index (χ4n) is 4.13. The maximum atomic E-state index is 12.7. The third-order valence-corrected chi connectivity index (χ3v) is 5.57. The molecule has 3 atom stereocenters. The van der Waals surface area contributed by atoms with E-state index in [0.29, 0.717) is 24.2 Å². The molecule has 1 saturated heterocycles. The third-order valence-electron chi connectivity index (χ3n) is 5.57. The van der Waals surface area contributed by atoms with Crippen LogP contribution >= 0.6 is 0 Å². The van der Waals surface area contributed by atoms with Gasteiger partial charge < -0.3 is 14.7 Å². The van der Waals surface area contributed by atoms with Gasteiger partial charge in [-0.3, -0.25) is 9.48 Å². The number of carbonyl (C=O) groups is 2. The average Bonchev–Trinajstić information content (AvgIpc) is 3.33. The first-order valence-electron chi connectivity index (χ1n) is 9.98. The van der Waals surface area contributed by atoms with Crippen LogP contribution in [0.4, 0.5) is 0 Å². The number of hydrogen-bond donors (Lipinski definition) is 1. The van der Waals surface area contributed by atoms with Crippen molar-refractivity contribution in [2.75, 3.05) is 6.61 Å². The van der Waals surface area contributed by atoms with E-state index < -0.39 is 18.0 Å². The van der Waals surface area contributed by atoms with Crippen LogP contribution in [0.1, 0.15) is 24.6 Å². The van der Waals surface area contributed by atoms with Gasteiger partial charge in [0.1, 0.15) is 18.0 Å². The molecule has 0 radical (unpaired) electrons. The number of benzene rings is 1. The van der Waals surface area contributed by atoms with Crippen molar-refractivity contribution in [3.05, 3.63) is 66.1 Å². The SMILES string of the molecule is C=CCOC(=O)C1=C(c2cn(CCc3ccccc3)nn2)C[C@@H]2[C@@H]([C@@H](C)O)C(=O)N12. The molecule has 2 aliphatic rings. The summed E-state index contributed by atoms with van der Waals surface area (Å²) < 4.78 is 6.94. The van der Waals surface area contributed by atoms with Gasteiger partial charge in [-0.2, -0.15) is 0 Å². The first-order chi connectivity index (χ1) is 14.5. The van der Waals surface area contributed by atoms with E-state index in [1.807, 2.05) is 18.2 Å². The molecule has 3 heterocycles. The summed E-state index contributed by atoms with van der Waals surface area (Å²) in [6, 6.07) is 9.80. The predicted octanol–water partition coefficient (Wildman–Crippen LogP) is 1.57. The molecule has 0 unspecified atom stereocenters. The molecule has 1 fully saturated rings. The number of hydrogen-bond acceptors (Lipinski definition) is 6. The molecule has 156 valence electrons. The zero-order chi connectivity index (χ0) is 21.3. The van der Waals surface area contributed by atoms with Gasteiger partial charge in [-0.1, -0.05) is 48.2 Å². The first kappa shape index (κ1) is 20.0. The van der Waals surface area contributed by atoms with Gasteiger partial charge in [0.15, 0.2) is 0 Å². The van der Waals surface area contributed by atoms with Crippen molar-refractivity contribution in [3.63, 3.8) is 0 Å². The van der Waals surface area contributed by atoms with Crippen molar-refractivity contribution in [2.45, 2.75) is 38.5 Å². The van der Waals surface area contributed by atoms with E-state index >= 15 is 0 Å². The second-order valence-corrected chi connectivity index (χ2v) is 7.56. The summed E-state index contributed by atoms with van der Waals surface area (Å²) >= 11 is 0. The van der Waals surface area contributed by atoms with E-state index in [-0.39, 0.29) is 24.3 Å². The number of nitrogens with zero attached hydrogens (tertiary/aromatic N) is 4. The number of aryl methyl sites for hydroxylation is 2. The summed E-state index contributed by atoms with van der Waals surface area (Å²) in [5.74, 6) is -1.39. The molecule has 1 amide bonds. The lowest BCUT2D eigenvalue weighted by Gasteiger charge is -2.44. The van der Waals surface area contributed by atoms with Gasteiger partial charge >= 0.3 is 5.97 Å². The highest BCUT2D eigenvalue weighted by molar-refractivity contribution is 6.06. The van der Waals surface area contributed by atoms with Gasteiger partial charge in [-0.15, -0.1) is 5.10 Å². The van der Waals surface area contributed by atoms with E-state index in [4.69, 9.17) is 4.74 Å². The maximum absolute atomic E-state index is 12.7. The summed E-state index contributed by atoms with van der Waals surface area (Å²) in [6.45, 7) is 5.83. The number of esters is 1. The van der Waals surface area contributed by atoms with Crippen LogP contribution in [0, 0.1) is 5.92 Å². The lowest BCUT2D eigenvalue weighted by Crippen LogP contribution is -2.61. The minimum atomic E-state index is -0.787. The molecular weight excluding hydrogens is 384 g/mol. The number of rotatable bonds is 8. The maximum Gasteiger partial charge on any atom is 0.355 e. The van der Waals surface area contributed by atoms with Crippen molar-refractivity contribution >= 4 is 17.4 Å². The fraction of sp³-hybridized carbons (Fsp3) is 0.364. The molecule has 30 heavy (non-hydrogen) atoms. The number of β-lactam (4-membered cyclic amide) rings is 1. The molecule has 2 aliphatic heterocycles. The van der Waals surface area contributed by atoms with Crippen molar-refractivity contribution in [3.8, 4) is 0 Å². The quantitative estimate of drug-likeness (QED) is 0.405. The monoisotopic (exact) mass is 408 g/mol. The highest BCUT2D eigenvalue weighted by atomic mass is 16.5. The Morgan fingerprint density at radius 2 is 2.17 bits per heavy atom. The molecule has 1 N–H and O–H groups in total. The first-order valence-corrected chi connectivity index (χ1v) is 9.98. The van der Waals surface area contributed by atoms with Gasteiger partial charge in [0.05, 0.1) is 24.3 Å². The standard InChI is InChI=1S/C22H24N4O4/c1-3-11-30-22(29)20-16(12-18-19(14(2)27)21(28)26(18)20)17-13-25(24-23-17)10-9-15-7-5-4-6-8-15/h3-8,13-14,18-19,27H,1,9-12H2,2H3/t14-,18-,19-/m1/s1. The number of ether oxygens (including phenoxy) is 1. The van der Waals surface area contributed by atoms with Crippen LogP contribution in [0.25, 0.3) is 5.57 Å². The summed E-state index contributed by atoms with van der Waals surface area (Å²) in [5.41, 5.74) is 2.55. The Morgan fingerprint density at radius 1 is 1.40 bits per heavy atom. The normalized spacial score (nSPS) is 21.3. The van der Waals surface area contributed by atoms with Crippen LogP contribution in [0.3, 0.4) is 0 Å². The molecule has 2 aromatic rings. The average molecular weight is 408 g/mol.